The first kappa shape index (κ1) is 8.52. The Labute approximate surface area is 79.0 Å². The summed E-state index contributed by atoms with van der Waals surface area (Å²) in [6.45, 7) is 0.909. The van der Waals surface area contributed by atoms with Crippen LogP contribution in [0.2, 0.25) is 0 Å². The molecular weight excluding hydrogens is 160 g/mol. The smallest absolute Gasteiger partial charge is 0.0818 e. The molecule has 1 nitrogen and oxygen atoms in total. The van der Waals surface area contributed by atoms with Crippen molar-refractivity contribution < 1.29 is 4.74 Å². The maximum Gasteiger partial charge on any atom is 0.0818 e. The molecule has 1 aromatic carbocycles. The van der Waals surface area contributed by atoms with Crippen molar-refractivity contribution in [2.24, 2.45) is 0 Å². The van der Waals surface area contributed by atoms with Crippen LogP contribution in [-0.4, -0.2) is 12.7 Å². The zero-order valence-corrected chi connectivity index (χ0v) is 7.44. The number of hydrogen-bond acceptors (Lipinski definition) is 1. The first-order chi connectivity index (χ1) is 6.45. The van der Waals surface area contributed by atoms with E-state index in [4.69, 9.17) is 4.74 Å². The van der Waals surface area contributed by atoms with Gasteiger partial charge in [-0.25, -0.2) is 0 Å². The lowest BCUT2D eigenvalue weighted by Gasteiger charge is -1.90. The molecule has 0 bridgehead atoms. The summed E-state index contributed by atoms with van der Waals surface area (Å²) in [5, 5.41) is 0. The van der Waals surface area contributed by atoms with Crippen LogP contribution in [0.25, 0.3) is 6.08 Å². The van der Waals surface area contributed by atoms with E-state index in [-0.39, 0.29) is 0 Å². The van der Waals surface area contributed by atoms with E-state index in [0.29, 0.717) is 6.10 Å². The molecule has 1 aliphatic heterocycles. The average Bonchev–Trinajstić information content (AvgIpc) is 2.98. The zero-order valence-electron chi connectivity index (χ0n) is 7.44. The lowest BCUT2D eigenvalue weighted by molar-refractivity contribution is 0.407. The van der Waals surface area contributed by atoms with Gasteiger partial charge in [-0.3, -0.25) is 0 Å². The van der Waals surface area contributed by atoms with Gasteiger partial charge in [-0.05, 0) is 12.0 Å². The van der Waals surface area contributed by atoms with Gasteiger partial charge in [0.25, 0.3) is 0 Å². The summed E-state index contributed by atoms with van der Waals surface area (Å²) in [6, 6.07) is 10.2. The monoisotopic (exact) mass is 172 g/mol. The minimum atomic E-state index is 0.445. The van der Waals surface area contributed by atoms with Gasteiger partial charge in [0, 0.05) is 6.42 Å². The predicted octanol–water partition coefficient (Wildman–Crippen LogP) is 2.57. The molecule has 1 fully saturated rings. The van der Waals surface area contributed by atoms with Gasteiger partial charge in [-0.1, -0.05) is 42.5 Å². The summed E-state index contributed by atoms with van der Waals surface area (Å²) < 4.78 is 5.06. The van der Waals surface area contributed by atoms with Crippen LogP contribution < -0.4 is 0 Å². The molecule has 1 aliphatic rings. The lowest BCUT2D eigenvalue weighted by atomic mass is 10.2. The second-order valence-electron chi connectivity index (χ2n) is 3.11. The Morgan fingerprint density at radius 1 is 1.38 bits per heavy atom. The molecule has 13 heavy (non-hydrogen) atoms. The number of epoxide rings is 1. The van der Waals surface area contributed by atoms with Gasteiger partial charge < -0.3 is 4.74 Å². The van der Waals surface area contributed by atoms with E-state index in [1.165, 1.54) is 5.56 Å². The first-order valence-electron chi connectivity index (χ1n) is 4.52. The SMILES string of the molecule is [C](C=Cc1ccccc1)CC1CO1. The van der Waals surface area contributed by atoms with Gasteiger partial charge in [0.1, 0.15) is 0 Å². The highest BCUT2D eigenvalue weighted by Crippen LogP contribution is 2.15. The van der Waals surface area contributed by atoms with Crippen LogP contribution >= 0.6 is 0 Å². The van der Waals surface area contributed by atoms with Crippen LogP contribution in [0.4, 0.5) is 0 Å². The molecule has 0 aromatic heterocycles. The number of hydrogen-bond donors (Lipinski definition) is 0. The van der Waals surface area contributed by atoms with Crippen molar-refractivity contribution in [3.63, 3.8) is 0 Å². The van der Waals surface area contributed by atoms with Crippen LogP contribution in [0.1, 0.15) is 12.0 Å². The van der Waals surface area contributed by atoms with Crippen molar-refractivity contribution in [3.05, 3.63) is 48.4 Å². The van der Waals surface area contributed by atoms with E-state index in [1.54, 1.807) is 0 Å². The Morgan fingerprint density at radius 3 is 2.85 bits per heavy atom. The van der Waals surface area contributed by atoms with Crippen LogP contribution in [0.5, 0.6) is 0 Å². The fourth-order valence-electron chi connectivity index (χ4n) is 1.10. The van der Waals surface area contributed by atoms with Crippen molar-refractivity contribution in [2.75, 3.05) is 6.61 Å². The van der Waals surface area contributed by atoms with Gasteiger partial charge in [0.05, 0.1) is 12.7 Å². The van der Waals surface area contributed by atoms with Gasteiger partial charge in [-0.2, -0.15) is 0 Å². The predicted molar refractivity (Wildman–Crippen MR) is 53.1 cm³/mol. The summed E-state index contributed by atoms with van der Waals surface area (Å²) in [5.41, 5.74) is 1.21. The highest BCUT2D eigenvalue weighted by molar-refractivity contribution is 5.49. The molecule has 1 unspecified atom stereocenters. The molecule has 1 atom stereocenters. The topological polar surface area (TPSA) is 12.5 Å². The third kappa shape index (κ3) is 3.03. The summed E-state index contributed by atoms with van der Waals surface area (Å²) in [6.07, 6.45) is 8.58. The van der Waals surface area contributed by atoms with E-state index in [1.807, 2.05) is 24.3 Å². The molecule has 2 rings (SSSR count). The lowest BCUT2D eigenvalue weighted by Crippen LogP contribution is -1.82. The highest BCUT2D eigenvalue weighted by atomic mass is 16.6. The van der Waals surface area contributed by atoms with Crippen LogP contribution in [0.3, 0.4) is 0 Å². The van der Waals surface area contributed by atoms with Crippen molar-refractivity contribution >= 4 is 6.08 Å². The van der Waals surface area contributed by atoms with Gasteiger partial charge in [0.2, 0.25) is 0 Å². The van der Waals surface area contributed by atoms with Gasteiger partial charge in [-0.15, -0.1) is 0 Å². The molecule has 0 amide bonds. The number of benzene rings is 1. The molecule has 1 heterocycles. The molecule has 1 saturated heterocycles. The number of rotatable bonds is 4. The summed E-state index contributed by atoms with van der Waals surface area (Å²) in [5.74, 6) is 0. The van der Waals surface area contributed by atoms with E-state index in [0.717, 1.165) is 13.0 Å². The Balaban J connectivity index is 1.76. The molecule has 1 aromatic rings. The molecule has 0 N–H and O–H groups in total. The Kier molecular flexibility index (Phi) is 2.78. The van der Waals surface area contributed by atoms with Crippen molar-refractivity contribution in [2.45, 2.75) is 12.5 Å². The standard InChI is InChI=1S/C12H12O/c1-2-6-11(7-3-1)8-4-5-9-12-10-13-12/h1-4,6-8,12H,9-10H2. The highest BCUT2D eigenvalue weighted by Gasteiger charge is 2.20. The summed E-state index contributed by atoms with van der Waals surface area (Å²) >= 11 is 0. The third-order valence-corrected chi connectivity index (χ3v) is 1.94. The van der Waals surface area contributed by atoms with Crippen LogP contribution in [-0.2, 0) is 4.74 Å². The number of allylic oxidation sites excluding steroid dienone is 1. The minimum Gasteiger partial charge on any atom is -0.373 e. The Bertz CT molecular complexity index is 272. The molecule has 2 radical (unpaired) electrons. The quantitative estimate of drug-likeness (QED) is 0.636. The second kappa shape index (κ2) is 4.24. The largest absolute Gasteiger partial charge is 0.373 e. The fourth-order valence-corrected chi connectivity index (χ4v) is 1.10. The van der Waals surface area contributed by atoms with E-state index in [2.05, 4.69) is 24.6 Å². The fraction of sp³-hybridized carbons (Fsp3) is 0.250. The molecule has 0 aliphatic carbocycles. The maximum atomic E-state index is 5.06. The Morgan fingerprint density at radius 2 is 2.15 bits per heavy atom. The van der Waals surface area contributed by atoms with Gasteiger partial charge in [0.15, 0.2) is 0 Å². The van der Waals surface area contributed by atoms with Crippen molar-refractivity contribution in [1.82, 2.24) is 0 Å². The molecule has 0 spiro atoms. The van der Waals surface area contributed by atoms with Crippen molar-refractivity contribution in [3.8, 4) is 0 Å². The molecule has 0 saturated carbocycles. The zero-order chi connectivity index (χ0) is 8.93. The average molecular weight is 172 g/mol. The third-order valence-electron chi connectivity index (χ3n) is 1.94. The summed E-state index contributed by atoms with van der Waals surface area (Å²) in [4.78, 5) is 0. The first-order valence-corrected chi connectivity index (χ1v) is 4.52. The van der Waals surface area contributed by atoms with E-state index < -0.39 is 0 Å². The van der Waals surface area contributed by atoms with Crippen LogP contribution in [0.15, 0.2) is 36.4 Å². The normalized spacial score (nSPS) is 20.8. The molecule has 66 valence electrons. The van der Waals surface area contributed by atoms with E-state index in [9.17, 15) is 0 Å². The van der Waals surface area contributed by atoms with Crippen molar-refractivity contribution in [1.29, 1.82) is 0 Å². The minimum absolute atomic E-state index is 0.445. The van der Waals surface area contributed by atoms with Crippen LogP contribution in [0, 0.1) is 6.42 Å². The Hall–Kier alpha value is -1.08. The number of ether oxygens (including phenoxy) is 1. The van der Waals surface area contributed by atoms with E-state index >= 15 is 0 Å². The second-order valence-corrected chi connectivity index (χ2v) is 3.11. The van der Waals surface area contributed by atoms with Gasteiger partial charge >= 0.3 is 0 Å². The molecular formula is C12H12O. The molecule has 1 heteroatoms. The maximum absolute atomic E-state index is 5.06. The summed E-state index contributed by atoms with van der Waals surface area (Å²) in [7, 11) is 0.